The van der Waals surface area contributed by atoms with Crippen molar-refractivity contribution in [3.63, 3.8) is 0 Å². The van der Waals surface area contributed by atoms with Crippen LogP contribution in [0, 0.1) is 5.92 Å². The fraction of sp³-hybridized carbons (Fsp3) is 0.625. The fourth-order valence-electron chi connectivity index (χ4n) is 1.88. The van der Waals surface area contributed by atoms with Crippen molar-refractivity contribution >= 4 is 11.6 Å². The predicted octanol–water partition coefficient (Wildman–Crippen LogP) is 2.69. The summed E-state index contributed by atoms with van der Waals surface area (Å²) in [4.78, 5) is 16.5. The highest BCUT2D eigenvalue weighted by atomic mass is 16.5. The lowest BCUT2D eigenvalue weighted by atomic mass is 10.0. The van der Waals surface area contributed by atoms with E-state index in [1.54, 1.807) is 12.4 Å². The zero-order chi connectivity index (χ0) is 15.7. The molecule has 0 saturated heterocycles. The van der Waals surface area contributed by atoms with Gasteiger partial charge in [-0.3, -0.25) is 9.78 Å². The van der Waals surface area contributed by atoms with Gasteiger partial charge in [0.25, 0.3) is 5.91 Å². The Morgan fingerprint density at radius 3 is 2.76 bits per heavy atom. The molecule has 0 spiro atoms. The molecule has 1 atom stereocenters. The van der Waals surface area contributed by atoms with Crippen LogP contribution >= 0.6 is 0 Å². The Kier molecular flexibility index (Phi) is 7.75. The second-order valence-corrected chi connectivity index (χ2v) is 5.33. The summed E-state index contributed by atoms with van der Waals surface area (Å²) in [5, 5.41) is 6.30. The van der Waals surface area contributed by atoms with Gasteiger partial charge in [-0.1, -0.05) is 20.8 Å². The molecule has 2 N–H and O–H groups in total. The van der Waals surface area contributed by atoms with Crippen molar-refractivity contribution in [2.24, 2.45) is 5.92 Å². The molecule has 0 radical (unpaired) electrons. The van der Waals surface area contributed by atoms with Crippen LogP contribution in [-0.4, -0.2) is 36.7 Å². The third kappa shape index (κ3) is 5.71. The lowest BCUT2D eigenvalue weighted by molar-refractivity contribution is 0.0806. The minimum absolute atomic E-state index is 0.00307. The number of anilines is 1. The van der Waals surface area contributed by atoms with Gasteiger partial charge in [0, 0.05) is 25.5 Å². The van der Waals surface area contributed by atoms with Gasteiger partial charge in [0.1, 0.15) is 0 Å². The van der Waals surface area contributed by atoms with Gasteiger partial charge in [-0.2, -0.15) is 0 Å². The maximum Gasteiger partial charge on any atom is 0.255 e. The molecule has 0 bridgehead atoms. The number of nitrogens with zero attached hydrogens (tertiary/aromatic N) is 1. The van der Waals surface area contributed by atoms with E-state index in [1.165, 1.54) is 0 Å². The number of hydrogen-bond acceptors (Lipinski definition) is 4. The molecule has 1 rings (SSSR count). The molecule has 1 amide bonds. The van der Waals surface area contributed by atoms with E-state index in [9.17, 15) is 4.79 Å². The summed E-state index contributed by atoms with van der Waals surface area (Å²) in [5.41, 5.74) is 1.40. The number of carbonyl (C=O) groups excluding carboxylic acids is 1. The highest BCUT2D eigenvalue weighted by Crippen LogP contribution is 2.14. The Labute approximate surface area is 127 Å². The minimum Gasteiger partial charge on any atom is -0.384 e. The SMILES string of the molecule is CCCNc1ccncc1C(=O)NC(COCC)C(C)C. The summed E-state index contributed by atoms with van der Waals surface area (Å²) in [6.07, 6.45) is 4.29. The van der Waals surface area contributed by atoms with Gasteiger partial charge in [-0.25, -0.2) is 0 Å². The molecule has 1 heterocycles. The van der Waals surface area contributed by atoms with Crippen LogP contribution in [-0.2, 0) is 4.74 Å². The molecule has 0 aliphatic carbocycles. The molecule has 5 heteroatoms. The summed E-state index contributed by atoms with van der Waals surface area (Å²) in [7, 11) is 0. The van der Waals surface area contributed by atoms with Crippen molar-refractivity contribution in [3.05, 3.63) is 24.0 Å². The van der Waals surface area contributed by atoms with E-state index in [1.807, 2.05) is 13.0 Å². The van der Waals surface area contributed by atoms with Gasteiger partial charge in [0.15, 0.2) is 0 Å². The highest BCUT2D eigenvalue weighted by Gasteiger charge is 2.19. The summed E-state index contributed by atoms with van der Waals surface area (Å²) in [6, 6.07) is 1.83. The van der Waals surface area contributed by atoms with Crippen LogP contribution in [0.5, 0.6) is 0 Å². The quantitative estimate of drug-likeness (QED) is 0.735. The Morgan fingerprint density at radius 2 is 2.14 bits per heavy atom. The van der Waals surface area contributed by atoms with E-state index in [2.05, 4.69) is 36.4 Å². The van der Waals surface area contributed by atoms with Crippen LogP contribution in [0.4, 0.5) is 5.69 Å². The number of aromatic nitrogens is 1. The van der Waals surface area contributed by atoms with Crippen molar-refractivity contribution in [1.82, 2.24) is 10.3 Å². The van der Waals surface area contributed by atoms with Crippen molar-refractivity contribution in [2.75, 3.05) is 25.1 Å². The number of pyridine rings is 1. The Bertz CT molecular complexity index is 435. The first-order valence-corrected chi connectivity index (χ1v) is 7.66. The third-order valence-electron chi connectivity index (χ3n) is 3.25. The topological polar surface area (TPSA) is 63.2 Å². The Hall–Kier alpha value is -1.62. The maximum atomic E-state index is 12.5. The van der Waals surface area contributed by atoms with E-state index >= 15 is 0 Å². The Morgan fingerprint density at radius 1 is 1.38 bits per heavy atom. The summed E-state index contributed by atoms with van der Waals surface area (Å²) in [5.74, 6) is 0.198. The molecule has 0 fully saturated rings. The standard InChI is InChI=1S/C16H27N3O2/c1-5-8-18-14-7-9-17-10-13(14)16(20)19-15(12(3)4)11-21-6-2/h7,9-10,12,15H,5-6,8,11H2,1-4H3,(H,17,18)(H,19,20). The van der Waals surface area contributed by atoms with Crippen LogP contribution < -0.4 is 10.6 Å². The smallest absolute Gasteiger partial charge is 0.255 e. The Balaban J connectivity index is 2.77. The molecule has 1 aromatic rings. The normalized spacial score (nSPS) is 12.2. The number of ether oxygens (including phenoxy) is 1. The van der Waals surface area contributed by atoms with Crippen LogP contribution in [0.3, 0.4) is 0 Å². The molecule has 118 valence electrons. The molecular weight excluding hydrogens is 266 g/mol. The average Bonchev–Trinajstić information content (AvgIpc) is 2.49. The van der Waals surface area contributed by atoms with Gasteiger partial charge in [-0.05, 0) is 25.3 Å². The first-order valence-electron chi connectivity index (χ1n) is 7.66. The van der Waals surface area contributed by atoms with Gasteiger partial charge < -0.3 is 15.4 Å². The third-order valence-corrected chi connectivity index (χ3v) is 3.25. The summed E-state index contributed by atoms with van der Waals surface area (Å²) in [6.45, 7) is 10.2. The maximum absolute atomic E-state index is 12.5. The van der Waals surface area contributed by atoms with Crippen molar-refractivity contribution < 1.29 is 9.53 Å². The molecule has 1 aromatic heterocycles. The zero-order valence-corrected chi connectivity index (χ0v) is 13.5. The van der Waals surface area contributed by atoms with E-state index < -0.39 is 0 Å². The van der Waals surface area contributed by atoms with Gasteiger partial charge >= 0.3 is 0 Å². The predicted molar refractivity (Wildman–Crippen MR) is 85.6 cm³/mol. The molecule has 0 aromatic carbocycles. The van der Waals surface area contributed by atoms with Crippen molar-refractivity contribution in [1.29, 1.82) is 0 Å². The number of rotatable bonds is 9. The van der Waals surface area contributed by atoms with E-state index in [0.717, 1.165) is 18.7 Å². The average molecular weight is 293 g/mol. The summed E-state index contributed by atoms with van der Waals surface area (Å²) < 4.78 is 5.44. The molecule has 0 saturated carbocycles. The molecule has 0 aliphatic rings. The molecule has 21 heavy (non-hydrogen) atoms. The number of hydrogen-bond donors (Lipinski definition) is 2. The van der Waals surface area contributed by atoms with Gasteiger partial charge in [0.2, 0.25) is 0 Å². The molecular formula is C16H27N3O2. The van der Waals surface area contributed by atoms with Crippen LogP contribution in [0.15, 0.2) is 18.5 Å². The second kappa shape index (κ2) is 9.34. The van der Waals surface area contributed by atoms with Gasteiger partial charge in [0.05, 0.1) is 23.9 Å². The first kappa shape index (κ1) is 17.4. The zero-order valence-electron chi connectivity index (χ0n) is 13.5. The van der Waals surface area contributed by atoms with Crippen LogP contribution in [0.25, 0.3) is 0 Å². The lowest BCUT2D eigenvalue weighted by Crippen LogP contribution is -2.42. The van der Waals surface area contributed by atoms with E-state index in [4.69, 9.17) is 4.74 Å². The lowest BCUT2D eigenvalue weighted by Gasteiger charge is -2.22. The van der Waals surface area contributed by atoms with Crippen LogP contribution in [0.2, 0.25) is 0 Å². The number of amides is 1. The fourth-order valence-corrected chi connectivity index (χ4v) is 1.88. The first-order chi connectivity index (χ1) is 10.1. The van der Waals surface area contributed by atoms with Crippen LogP contribution in [0.1, 0.15) is 44.5 Å². The minimum atomic E-state index is -0.111. The molecule has 0 aliphatic heterocycles. The van der Waals surface area contributed by atoms with Gasteiger partial charge in [-0.15, -0.1) is 0 Å². The van der Waals surface area contributed by atoms with Crippen molar-refractivity contribution in [2.45, 2.75) is 40.2 Å². The summed E-state index contributed by atoms with van der Waals surface area (Å²) >= 11 is 0. The number of nitrogens with one attached hydrogen (secondary N) is 2. The molecule has 1 unspecified atom stereocenters. The highest BCUT2D eigenvalue weighted by molar-refractivity contribution is 5.99. The van der Waals surface area contributed by atoms with E-state index in [-0.39, 0.29) is 11.9 Å². The monoisotopic (exact) mass is 293 g/mol. The largest absolute Gasteiger partial charge is 0.384 e. The number of carbonyl (C=O) groups is 1. The van der Waals surface area contributed by atoms with E-state index in [0.29, 0.717) is 24.7 Å². The molecule has 5 nitrogen and oxygen atoms in total. The van der Waals surface area contributed by atoms with Crippen molar-refractivity contribution in [3.8, 4) is 0 Å². The second-order valence-electron chi connectivity index (χ2n) is 5.33.